The fourth-order valence-corrected chi connectivity index (χ4v) is 2.58. The summed E-state index contributed by atoms with van der Waals surface area (Å²) < 4.78 is 24.7. The number of halogens is 1. The van der Waals surface area contributed by atoms with Gasteiger partial charge in [-0.05, 0) is 24.3 Å². The van der Waals surface area contributed by atoms with Crippen molar-refractivity contribution >= 4 is 5.97 Å². The first-order valence-corrected chi connectivity index (χ1v) is 8.70. The molecule has 0 saturated carbocycles. The van der Waals surface area contributed by atoms with Crippen LogP contribution in [0.2, 0.25) is 0 Å². The molecule has 9 heteroatoms. The number of carboxylic acids is 1. The third-order valence-corrected chi connectivity index (χ3v) is 4.12. The van der Waals surface area contributed by atoms with Crippen LogP contribution in [0.4, 0.5) is 4.39 Å². The van der Waals surface area contributed by atoms with Gasteiger partial charge in [-0.15, -0.1) is 10.2 Å². The lowest BCUT2D eigenvalue weighted by molar-refractivity contribution is -0.136. The number of hydrogen-bond donors (Lipinski definition) is 2. The van der Waals surface area contributed by atoms with Crippen molar-refractivity contribution in [3.8, 4) is 22.9 Å². The zero-order valence-electron chi connectivity index (χ0n) is 15.5. The van der Waals surface area contributed by atoms with Crippen molar-refractivity contribution in [1.82, 2.24) is 15.2 Å². The van der Waals surface area contributed by atoms with Crippen molar-refractivity contribution in [3.05, 3.63) is 69.9 Å². The third kappa shape index (κ3) is 4.95. The number of benzene rings is 2. The summed E-state index contributed by atoms with van der Waals surface area (Å²) >= 11 is 0. The van der Waals surface area contributed by atoms with Gasteiger partial charge in [-0.3, -0.25) is 9.59 Å². The largest absolute Gasteiger partial charge is 0.493 e. The first kappa shape index (κ1) is 20.0. The number of aliphatic carboxylic acids is 1. The highest BCUT2D eigenvalue weighted by Crippen LogP contribution is 2.31. The molecular formula is C20H18FN3O5. The Kier molecular flexibility index (Phi) is 6.18. The van der Waals surface area contributed by atoms with E-state index < -0.39 is 11.5 Å². The first-order valence-electron chi connectivity index (χ1n) is 8.70. The number of ether oxygens (including phenoxy) is 2. The highest BCUT2D eigenvalue weighted by atomic mass is 19.1. The molecule has 0 aliphatic heterocycles. The van der Waals surface area contributed by atoms with Crippen molar-refractivity contribution in [3.63, 3.8) is 0 Å². The zero-order valence-corrected chi connectivity index (χ0v) is 15.5. The van der Waals surface area contributed by atoms with E-state index in [9.17, 15) is 14.0 Å². The molecule has 1 heterocycles. The number of carboxylic acid groups (broad SMARTS) is 1. The number of aromatic amines is 1. The second-order valence-corrected chi connectivity index (χ2v) is 6.09. The number of nitrogens with one attached hydrogen (secondary N) is 1. The summed E-state index contributed by atoms with van der Waals surface area (Å²) in [5.74, 6) is -0.415. The Hall–Kier alpha value is -3.75. The Morgan fingerprint density at radius 1 is 1.17 bits per heavy atom. The molecule has 0 saturated heterocycles. The van der Waals surface area contributed by atoms with Crippen LogP contribution >= 0.6 is 0 Å². The topological polar surface area (TPSA) is 114 Å². The van der Waals surface area contributed by atoms with Crippen LogP contribution < -0.4 is 15.0 Å². The summed E-state index contributed by atoms with van der Waals surface area (Å²) in [6.45, 7) is 0.0251. The van der Waals surface area contributed by atoms with Crippen molar-refractivity contribution in [1.29, 1.82) is 0 Å². The van der Waals surface area contributed by atoms with Gasteiger partial charge >= 0.3 is 5.97 Å². The summed E-state index contributed by atoms with van der Waals surface area (Å²) in [6.07, 6.45) is -0.219. The molecule has 2 N–H and O–H groups in total. The molecule has 0 aliphatic carbocycles. The molecule has 8 nitrogen and oxygen atoms in total. The molecule has 1 aromatic heterocycles. The van der Waals surface area contributed by atoms with Crippen molar-refractivity contribution in [2.75, 3.05) is 7.11 Å². The van der Waals surface area contributed by atoms with E-state index in [0.29, 0.717) is 22.6 Å². The lowest BCUT2D eigenvalue weighted by Crippen LogP contribution is -2.18. The Morgan fingerprint density at radius 2 is 1.97 bits per heavy atom. The van der Waals surface area contributed by atoms with E-state index in [1.54, 1.807) is 36.4 Å². The minimum atomic E-state index is -1.02. The number of hydrogen-bond acceptors (Lipinski definition) is 6. The summed E-state index contributed by atoms with van der Waals surface area (Å²) in [7, 11) is 1.46. The van der Waals surface area contributed by atoms with Crippen LogP contribution in [0.5, 0.6) is 11.5 Å². The predicted molar refractivity (Wildman–Crippen MR) is 101 cm³/mol. The number of aromatic nitrogens is 3. The smallest absolute Gasteiger partial charge is 0.303 e. The van der Waals surface area contributed by atoms with E-state index in [2.05, 4.69) is 15.2 Å². The van der Waals surface area contributed by atoms with Gasteiger partial charge in [-0.25, -0.2) is 4.39 Å². The quantitative estimate of drug-likeness (QED) is 0.598. The minimum Gasteiger partial charge on any atom is -0.493 e. The molecule has 0 amide bonds. The van der Waals surface area contributed by atoms with Crippen molar-refractivity contribution in [2.24, 2.45) is 0 Å². The maximum Gasteiger partial charge on any atom is 0.303 e. The van der Waals surface area contributed by atoms with Gasteiger partial charge < -0.3 is 19.6 Å². The normalized spacial score (nSPS) is 10.6. The van der Waals surface area contributed by atoms with Gasteiger partial charge in [0.2, 0.25) is 0 Å². The van der Waals surface area contributed by atoms with E-state index >= 15 is 0 Å². The Labute approximate surface area is 165 Å². The highest BCUT2D eigenvalue weighted by molar-refractivity contribution is 5.67. The Bertz CT molecular complexity index is 1080. The first-order chi connectivity index (χ1) is 14.0. The summed E-state index contributed by atoms with van der Waals surface area (Å²) in [5.41, 5.74) is 0.475. The van der Waals surface area contributed by atoms with Crippen LogP contribution in [-0.4, -0.2) is 33.4 Å². The van der Waals surface area contributed by atoms with Crippen molar-refractivity contribution < 1.29 is 23.8 Å². The second kappa shape index (κ2) is 8.96. The Balaban J connectivity index is 1.79. The number of rotatable bonds is 8. The van der Waals surface area contributed by atoms with Gasteiger partial charge in [0.25, 0.3) is 5.56 Å². The van der Waals surface area contributed by atoms with Gasteiger partial charge in [-0.1, -0.05) is 18.2 Å². The number of aryl methyl sites for hydroxylation is 1. The Morgan fingerprint density at radius 3 is 2.66 bits per heavy atom. The van der Waals surface area contributed by atoms with E-state index in [1.807, 2.05) is 0 Å². The lowest BCUT2D eigenvalue weighted by Gasteiger charge is -2.12. The van der Waals surface area contributed by atoms with Gasteiger partial charge in [0.1, 0.15) is 18.1 Å². The van der Waals surface area contributed by atoms with E-state index in [0.717, 1.165) is 0 Å². The van der Waals surface area contributed by atoms with Crippen molar-refractivity contribution in [2.45, 2.75) is 19.4 Å². The molecule has 3 rings (SSSR count). The van der Waals surface area contributed by atoms with Gasteiger partial charge in [0, 0.05) is 17.5 Å². The number of H-pyrrole nitrogens is 1. The molecule has 0 fully saturated rings. The molecule has 2 aromatic carbocycles. The molecule has 0 unspecified atom stereocenters. The molecule has 0 bridgehead atoms. The fourth-order valence-electron chi connectivity index (χ4n) is 2.58. The van der Waals surface area contributed by atoms with E-state index in [-0.39, 0.29) is 36.8 Å². The minimum absolute atomic E-state index is 0.00983. The molecule has 0 aliphatic rings. The maximum atomic E-state index is 13.7. The van der Waals surface area contributed by atoms with Gasteiger partial charge in [0.15, 0.2) is 17.3 Å². The monoisotopic (exact) mass is 399 g/mol. The molecule has 29 heavy (non-hydrogen) atoms. The molecule has 3 aromatic rings. The summed E-state index contributed by atoms with van der Waals surface area (Å²) in [5, 5.41) is 16.5. The molecule has 0 atom stereocenters. The summed E-state index contributed by atoms with van der Waals surface area (Å²) in [6, 6.07) is 11.2. The third-order valence-electron chi connectivity index (χ3n) is 4.12. The number of carbonyl (C=O) groups is 1. The van der Waals surface area contributed by atoms with E-state index in [4.69, 9.17) is 14.6 Å². The van der Waals surface area contributed by atoms with E-state index in [1.165, 1.54) is 13.2 Å². The average Bonchev–Trinajstić information content (AvgIpc) is 2.72. The zero-order chi connectivity index (χ0) is 20.8. The van der Waals surface area contributed by atoms with Gasteiger partial charge in [-0.2, -0.15) is 0 Å². The lowest BCUT2D eigenvalue weighted by atomic mass is 10.2. The highest BCUT2D eigenvalue weighted by Gasteiger charge is 2.12. The molecule has 150 valence electrons. The van der Waals surface area contributed by atoms with Crippen LogP contribution in [0.1, 0.15) is 17.7 Å². The average molecular weight is 399 g/mol. The van der Waals surface area contributed by atoms with Gasteiger partial charge in [0.05, 0.1) is 13.5 Å². The fraction of sp³-hybridized carbons (Fsp3) is 0.200. The number of nitrogens with zero attached hydrogens (tertiary/aromatic N) is 2. The molecule has 0 spiro atoms. The van der Waals surface area contributed by atoms with Crippen LogP contribution in [0.25, 0.3) is 11.4 Å². The SMILES string of the molecule is COc1cc(-c2nnc(CCC(=O)O)c(=O)[nH]2)ccc1OCc1ccccc1F. The van der Waals surface area contributed by atoms with Crippen LogP contribution in [0.3, 0.4) is 0 Å². The van der Waals surface area contributed by atoms with Crippen LogP contribution in [0.15, 0.2) is 47.3 Å². The molecule has 0 radical (unpaired) electrons. The number of methoxy groups -OCH3 is 1. The summed E-state index contributed by atoms with van der Waals surface area (Å²) in [4.78, 5) is 25.3. The van der Waals surface area contributed by atoms with Crippen LogP contribution in [-0.2, 0) is 17.8 Å². The maximum absolute atomic E-state index is 13.7. The second-order valence-electron chi connectivity index (χ2n) is 6.09. The van der Waals surface area contributed by atoms with Crippen LogP contribution in [0, 0.1) is 5.82 Å². The predicted octanol–water partition coefficient (Wildman–Crippen LogP) is 2.58. The molecular weight excluding hydrogens is 381 g/mol. The standard InChI is InChI=1S/C20H18FN3O5/c1-28-17-10-12(19-22-20(27)15(23-24-19)7-9-18(25)26)6-8-16(17)29-11-13-4-2-3-5-14(13)21/h2-6,8,10H,7,9,11H2,1H3,(H,25,26)(H,22,24,27).